The van der Waals surface area contributed by atoms with Crippen molar-refractivity contribution < 1.29 is 22.0 Å². The number of furan rings is 1. The maximum Gasteiger partial charge on any atom is 0.255 e. The van der Waals surface area contributed by atoms with Crippen molar-refractivity contribution in [1.29, 1.82) is 0 Å². The predicted molar refractivity (Wildman–Crippen MR) is 115 cm³/mol. The van der Waals surface area contributed by atoms with Crippen LogP contribution in [0.2, 0.25) is 0 Å². The van der Waals surface area contributed by atoms with Gasteiger partial charge in [0.1, 0.15) is 17.2 Å². The summed E-state index contributed by atoms with van der Waals surface area (Å²) < 4.78 is 45.6. The molecule has 1 N–H and O–H groups in total. The quantitative estimate of drug-likeness (QED) is 0.679. The van der Waals surface area contributed by atoms with E-state index in [1.165, 1.54) is 41.9 Å². The first kappa shape index (κ1) is 20.2. The number of halogens is 1. The van der Waals surface area contributed by atoms with Gasteiger partial charge in [-0.05, 0) is 48.7 Å². The Bertz CT molecular complexity index is 1260. The van der Waals surface area contributed by atoms with Gasteiger partial charge in [-0.25, -0.2) is 12.8 Å². The zero-order valence-electron chi connectivity index (χ0n) is 16.6. The Morgan fingerprint density at radius 3 is 2.60 bits per heavy atom. The van der Waals surface area contributed by atoms with Crippen molar-refractivity contribution in [3.8, 4) is 11.3 Å². The number of hydrogen-bond acceptors (Lipinski definition) is 4. The van der Waals surface area contributed by atoms with E-state index in [-0.39, 0.29) is 5.91 Å². The molecule has 0 bridgehead atoms. The van der Waals surface area contributed by atoms with Gasteiger partial charge in [0.05, 0.1) is 17.5 Å². The molecule has 2 aromatic carbocycles. The first-order valence-electron chi connectivity index (χ1n) is 9.52. The molecule has 4 rings (SSSR count). The molecule has 8 heteroatoms. The van der Waals surface area contributed by atoms with E-state index in [9.17, 15) is 17.6 Å². The van der Waals surface area contributed by atoms with Crippen LogP contribution in [-0.2, 0) is 10.0 Å². The number of nitrogens with zero attached hydrogens (tertiary/aromatic N) is 1. The average Bonchev–Trinajstić information content (AvgIpc) is 3.05. The highest BCUT2D eigenvalue weighted by Gasteiger charge is 2.26. The number of allylic oxidation sites excluding steroid dienone is 1. The molecule has 1 aliphatic heterocycles. The van der Waals surface area contributed by atoms with Crippen molar-refractivity contribution in [3.05, 3.63) is 59.4 Å². The van der Waals surface area contributed by atoms with Gasteiger partial charge in [-0.3, -0.25) is 9.10 Å². The third-order valence-electron chi connectivity index (χ3n) is 5.10. The second-order valence-electron chi connectivity index (χ2n) is 7.18. The number of sulfonamides is 1. The van der Waals surface area contributed by atoms with E-state index in [1.54, 1.807) is 12.1 Å². The lowest BCUT2D eigenvalue weighted by Gasteiger charge is -2.25. The van der Waals surface area contributed by atoms with Gasteiger partial charge in [-0.1, -0.05) is 12.2 Å². The molecule has 30 heavy (non-hydrogen) atoms. The molecule has 0 radical (unpaired) electrons. The minimum absolute atomic E-state index is 0.303. The molecule has 1 amide bonds. The number of benzene rings is 2. The zero-order valence-corrected chi connectivity index (χ0v) is 17.4. The van der Waals surface area contributed by atoms with Crippen molar-refractivity contribution in [2.45, 2.75) is 12.8 Å². The Morgan fingerprint density at radius 2 is 1.93 bits per heavy atom. The summed E-state index contributed by atoms with van der Waals surface area (Å²) in [5, 5.41) is 3.18. The van der Waals surface area contributed by atoms with Gasteiger partial charge < -0.3 is 9.73 Å². The Labute approximate surface area is 174 Å². The van der Waals surface area contributed by atoms with Gasteiger partial charge in [0.15, 0.2) is 0 Å². The zero-order chi connectivity index (χ0) is 21.5. The highest BCUT2D eigenvalue weighted by molar-refractivity contribution is 7.92. The van der Waals surface area contributed by atoms with Crippen LogP contribution in [0.15, 0.2) is 46.9 Å². The van der Waals surface area contributed by atoms with E-state index in [1.807, 2.05) is 12.2 Å². The van der Waals surface area contributed by atoms with Crippen LogP contribution in [0.5, 0.6) is 0 Å². The number of hydrogen-bond donors (Lipinski definition) is 1. The molecule has 3 aromatic rings. The lowest BCUT2D eigenvalue weighted by molar-refractivity contribution is 0.0964. The molecule has 1 aromatic heterocycles. The first-order valence-corrected chi connectivity index (χ1v) is 11.4. The molecule has 0 saturated carbocycles. The fourth-order valence-electron chi connectivity index (χ4n) is 3.68. The second kappa shape index (κ2) is 7.60. The molecule has 2 heterocycles. The Balaban J connectivity index is 2.02. The number of rotatable bonds is 3. The lowest BCUT2D eigenvalue weighted by Crippen LogP contribution is -2.31. The minimum atomic E-state index is -3.49. The van der Waals surface area contributed by atoms with E-state index in [2.05, 4.69) is 5.32 Å². The maximum atomic E-state index is 13.4. The first-order chi connectivity index (χ1) is 14.3. The van der Waals surface area contributed by atoms with E-state index >= 15 is 0 Å². The summed E-state index contributed by atoms with van der Waals surface area (Å²) in [6, 6.07) is 9.09. The van der Waals surface area contributed by atoms with Crippen LogP contribution in [0.3, 0.4) is 0 Å². The van der Waals surface area contributed by atoms with E-state index in [0.717, 1.165) is 6.42 Å². The highest BCUT2D eigenvalue weighted by atomic mass is 32.2. The van der Waals surface area contributed by atoms with Gasteiger partial charge in [0.2, 0.25) is 10.0 Å². The predicted octanol–water partition coefficient (Wildman–Crippen LogP) is 4.17. The summed E-state index contributed by atoms with van der Waals surface area (Å²) in [6.45, 7) is 0.357. The van der Waals surface area contributed by atoms with Crippen LogP contribution >= 0.6 is 0 Å². The third-order valence-corrected chi connectivity index (χ3v) is 6.28. The Hall–Kier alpha value is -3.13. The molecule has 0 fully saturated rings. The van der Waals surface area contributed by atoms with Gasteiger partial charge in [-0.15, -0.1) is 0 Å². The lowest BCUT2D eigenvalue weighted by atomic mass is 10.0. The topological polar surface area (TPSA) is 79.6 Å². The number of amides is 1. The van der Waals surface area contributed by atoms with Crippen molar-refractivity contribution in [3.63, 3.8) is 0 Å². The molecule has 0 atom stereocenters. The van der Waals surface area contributed by atoms with E-state index in [0.29, 0.717) is 52.1 Å². The normalized spacial score (nSPS) is 15.4. The van der Waals surface area contributed by atoms with Crippen LogP contribution < -0.4 is 9.62 Å². The van der Waals surface area contributed by atoms with Crippen LogP contribution in [0.25, 0.3) is 28.4 Å². The number of carbonyl (C=O) groups is 1. The minimum Gasteiger partial charge on any atom is -0.455 e. The van der Waals surface area contributed by atoms with Crippen molar-refractivity contribution in [1.82, 2.24) is 5.32 Å². The second-order valence-corrected chi connectivity index (χ2v) is 9.09. The average molecular weight is 428 g/mol. The monoisotopic (exact) mass is 428 g/mol. The largest absolute Gasteiger partial charge is 0.455 e. The standard InChI is InChI=1S/C22H21FN2O4S/c1-24-22(26)20-17-12-15-6-4-3-5-11-25(30(2,27)28)18(15)13-19(17)29-21(20)14-7-9-16(23)10-8-14/h4,6-10,12-13H,3,5,11H2,1-2H3,(H,24,26)/b6-4-. The van der Waals surface area contributed by atoms with Crippen LogP contribution in [0, 0.1) is 5.82 Å². The summed E-state index contributed by atoms with van der Waals surface area (Å²) in [5.41, 5.74) is 2.44. The summed E-state index contributed by atoms with van der Waals surface area (Å²) >= 11 is 0. The molecule has 0 aliphatic carbocycles. The summed E-state index contributed by atoms with van der Waals surface area (Å²) in [6.07, 6.45) is 6.48. The highest BCUT2D eigenvalue weighted by Crippen LogP contribution is 2.39. The summed E-state index contributed by atoms with van der Waals surface area (Å²) in [4.78, 5) is 12.7. The third kappa shape index (κ3) is 3.59. The van der Waals surface area contributed by atoms with Crippen LogP contribution in [0.4, 0.5) is 10.1 Å². The van der Waals surface area contributed by atoms with Gasteiger partial charge in [-0.2, -0.15) is 0 Å². The number of fused-ring (bicyclic) bond motifs is 2. The van der Waals surface area contributed by atoms with Gasteiger partial charge >= 0.3 is 0 Å². The SMILES string of the molecule is CNC(=O)c1c(-c2ccc(F)cc2)oc2cc3c(cc12)/C=C\CCCN3S(C)(=O)=O. The smallest absolute Gasteiger partial charge is 0.255 e. The Kier molecular flexibility index (Phi) is 5.11. The summed E-state index contributed by atoms with van der Waals surface area (Å²) in [5.74, 6) is -0.437. The van der Waals surface area contributed by atoms with Gasteiger partial charge in [0.25, 0.3) is 5.91 Å². The van der Waals surface area contributed by atoms with Crippen LogP contribution in [-0.4, -0.2) is 34.2 Å². The van der Waals surface area contributed by atoms with E-state index in [4.69, 9.17) is 4.42 Å². The molecular weight excluding hydrogens is 407 g/mol. The molecule has 0 saturated heterocycles. The molecular formula is C22H21FN2O4S. The fraction of sp³-hybridized carbons (Fsp3) is 0.227. The molecule has 156 valence electrons. The van der Waals surface area contributed by atoms with Crippen LogP contribution in [0.1, 0.15) is 28.8 Å². The van der Waals surface area contributed by atoms with Crippen molar-refractivity contribution >= 4 is 38.7 Å². The van der Waals surface area contributed by atoms with E-state index < -0.39 is 15.8 Å². The fourth-order valence-corrected chi connectivity index (χ4v) is 4.66. The maximum absolute atomic E-state index is 13.4. The molecule has 0 spiro atoms. The molecule has 1 aliphatic rings. The van der Waals surface area contributed by atoms with Crippen molar-refractivity contribution in [2.24, 2.45) is 0 Å². The number of carbonyl (C=O) groups excluding carboxylic acids is 1. The summed E-state index contributed by atoms with van der Waals surface area (Å²) in [7, 11) is -1.97. The Morgan fingerprint density at radius 1 is 1.20 bits per heavy atom. The number of anilines is 1. The molecule has 6 nitrogen and oxygen atoms in total. The van der Waals surface area contributed by atoms with Crippen molar-refractivity contribution in [2.75, 3.05) is 24.2 Å². The molecule has 0 unspecified atom stereocenters. The van der Waals surface area contributed by atoms with Gasteiger partial charge in [0, 0.05) is 30.6 Å². The number of nitrogens with one attached hydrogen (secondary N) is 1.